The van der Waals surface area contributed by atoms with Crippen molar-refractivity contribution in [3.63, 3.8) is 0 Å². The zero-order valence-corrected chi connectivity index (χ0v) is 17.8. The summed E-state index contributed by atoms with van der Waals surface area (Å²) in [4.78, 5) is 22.3. The number of rotatable bonds is 5. The van der Waals surface area contributed by atoms with Crippen molar-refractivity contribution in [3.8, 4) is 16.3 Å². The van der Waals surface area contributed by atoms with E-state index in [1.165, 1.54) is 17.6 Å². The van der Waals surface area contributed by atoms with Crippen molar-refractivity contribution in [2.45, 2.75) is 6.54 Å². The van der Waals surface area contributed by atoms with Crippen LogP contribution in [0.5, 0.6) is 5.75 Å². The lowest BCUT2D eigenvalue weighted by atomic mass is 10.1. The molecule has 8 heteroatoms. The second kappa shape index (κ2) is 8.39. The molecule has 0 atom stereocenters. The predicted molar refractivity (Wildman–Crippen MR) is 122 cm³/mol. The number of aliphatic hydroxyl groups excluding tert-OH is 1. The average Bonchev–Trinajstić information content (AvgIpc) is 3.21. The van der Waals surface area contributed by atoms with Gasteiger partial charge < -0.3 is 14.6 Å². The van der Waals surface area contributed by atoms with E-state index >= 15 is 0 Å². The molecule has 160 valence electrons. The number of hydrogen-bond donors (Lipinski definition) is 2. The first-order chi connectivity index (χ1) is 15.1. The van der Waals surface area contributed by atoms with Crippen LogP contribution in [0.3, 0.4) is 0 Å². The summed E-state index contributed by atoms with van der Waals surface area (Å²) in [5.41, 5.74) is 2.19. The Kier molecular flexibility index (Phi) is 5.45. The van der Waals surface area contributed by atoms with Crippen LogP contribution in [0.15, 0.2) is 51.9 Å². The van der Waals surface area contributed by atoms with Gasteiger partial charge in [-0.05, 0) is 24.3 Å². The number of hydrogen-bond acceptors (Lipinski definition) is 8. The molecule has 2 aromatic carbocycles. The van der Waals surface area contributed by atoms with E-state index in [0.29, 0.717) is 40.2 Å². The van der Waals surface area contributed by atoms with Gasteiger partial charge in [0, 0.05) is 39.3 Å². The first-order valence-corrected chi connectivity index (χ1v) is 11.1. The monoisotopic (exact) mass is 437 g/mol. The summed E-state index contributed by atoms with van der Waals surface area (Å²) >= 11 is 1.46. The Labute approximate surface area is 182 Å². The highest BCUT2D eigenvalue weighted by molar-refractivity contribution is 7.21. The van der Waals surface area contributed by atoms with Gasteiger partial charge in [0.1, 0.15) is 22.6 Å². The highest BCUT2D eigenvalue weighted by atomic mass is 32.1. The zero-order chi connectivity index (χ0) is 21.4. The molecule has 7 nitrogen and oxygen atoms in total. The summed E-state index contributed by atoms with van der Waals surface area (Å²) in [5, 5.41) is 20.7. The third kappa shape index (κ3) is 3.83. The minimum absolute atomic E-state index is 0.126. The van der Waals surface area contributed by atoms with Crippen molar-refractivity contribution in [1.82, 2.24) is 14.8 Å². The molecular formula is C23H23N3O4S. The summed E-state index contributed by atoms with van der Waals surface area (Å²) in [5.74, 6) is 0.126. The molecule has 0 aliphatic carbocycles. The lowest BCUT2D eigenvalue weighted by Gasteiger charge is -2.34. The van der Waals surface area contributed by atoms with Gasteiger partial charge in [-0.2, -0.15) is 0 Å². The summed E-state index contributed by atoms with van der Waals surface area (Å²) in [6.45, 7) is 4.70. The maximum absolute atomic E-state index is 13.3. The first kappa shape index (κ1) is 20.1. The number of piperazine rings is 1. The van der Waals surface area contributed by atoms with Crippen molar-refractivity contribution >= 4 is 32.5 Å². The number of aromatic hydroxyl groups is 1. The Bertz CT molecular complexity index is 1260. The van der Waals surface area contributed by atoms with Gasteiger partial charge in [0.2, 0.25) is 5.43 Å². The molecule has 1 aliphatic heterocycles. The van der Waals surface area contributed by atoms with E-state index in [0.717, 1.165) is 36.4 Å². The molecule has 0 radical (unpaired) electrons. The average molecular weight is 438 g/mol. The van der Waals surface area contributed by atoms with Crippen LogP contribution in [0.4, 0.5) is 0 Å². The van der Waals surface area contributed by atoms with E-state index in [2.05, 4.69) is 14.8 Å². The summed E-state index contributed by atoms with van der Waals surface area (Å²) in [6, 6.07) is 11.0. The van der Waals surface area contributed by atoms with E-state index in [-0.39, 0.29) is 17.8 Å². The van der Waals surface area contributed by atoms with Gasteiger partial charge in [-0.3, -0.25) is 14.6 Å². The van der Waals surface area contributed by atoms with Crippen molar-refractivity contribution in [2.75, 3.05) is 39.3 Å². The predicted octanol–water partition coefficient (Wildman–Crippen LogP) is 2.89. The van der Waals surface area contributed by atoms with Crippen LogP contribution < -0.4 is 5.43 Å². The number of β-amino-alcohol motifs (C(OH)–C–C–N with tert-alkyl or cyclic N) is 1. The Morgan fingerprint density at radius 1 is 1.06 bits per heavy atom. The van der Waals surface area contributed by atoms with Crippen LogP contribution in [0.2, 0.25) is 0 Å². The smallest absolute Gasteiger partial charge is 0.202 e. The topological polar surface area (TPSA) is 90.0 Å². The van der Waals surface area contributed by atoms with Crippen molar-refractivity contribution in [2.24, 2.45) is 0 Å². The van der Waals surface area contributed by atoms with Crippen molar-refractivity contribution < 1.29 is 14.6 Å². The molecule has 0 saturated carbocycles. The summed E-state index contributed by atoms with van der Waals surface area (Å²) in [6.07, 6.45) is 1.46. The van der Waals surface area contributed by atoms with Crippen molar-refractivity contribution in [3.05, 3.63) is 58.4 Å². The Morgan fingerprint density at radius 2 is 1.84 bits per heavy atom. The summed E-state index contributed by atoms with van der Waals surface area (Å²) < 4.78 is 6.94. The van der Waals surface area contributed by atoms with Gasteiger partial charge in [0.15, 0.2) is 0 Å². The van der Waals surface area contributed by atoms with Crippen LogP contribution in [0.1, 0.15) is 5.56 Å². The lowest BCUT2D eigenvalue weighted by Crippen LogP contribution is -2.46. The highest BCUT2D eigenvalue weighted by Gasteiger charge is 2.21. The van der Waals surface area contributed by atoms with Gasteiger partial charge in [0.05, 0.1) is 33.3 Å². The number of nitrogens with zero attached hydrogens (tertiary/aromatic N) is 3. The molecule has 1 aliphatic rings. The zero-order valence-electron chi connectivity index (χ0n) is 17.0. The largest absolute Gasteiger partial charge is 0.507 e. The van der Waals surface area contributed by atoms with Crippen LogP contribution in [0, 0.1) is 0 Å². The van der Waals surface area contributed by atoms with E-state index in [1.54, 1.807) is 12.1 Å². The fourth-order valence-electron chi connectivity index (χ4n) is 4.07. The molecule has 31 heavy (non-hydrogen) atoms. The van der Waals surface area contributed by atoms with Crippen LogP contribution in [0.25, 0.3) is 31.8 Å². The second-order valence-corrected chi connectivity index (χ2v) is 8.78. The van der Waals surface area contributed by atoms with Gasteiger partial charge in [-0.15, -0.1) is 11.3 Å². The van der Waals surface area contributed by atoms with E-state index in [1.807, 2.05) is 24.3 Å². The Balaban J connectivity index is 1.48. The second-order valence-electron chi connectivity index (χ2n) is 7.75. The number of thiazole rings is 1. The minimum atomic E-state index is -0.144. The molecule has 1 fully saturated rings. The standard InChI is InChI=1S/C23H23N3O4S/c27-12-11-25-7-9-26(10-8-25)13-16-19(28)6-5-15-21(29)17(14-30-22(15)16)23-24-18-3-1-2-4-20(18)31-23/h1-6,14,27-28H,7-13H2. The molecule has 0 spiro atoms. The summed E-state index contributed by atoms with van der Waals surface area (Å²) in [7, 11) is 0. The van der Waals surface area contributed by atoms with Gasteiger partial charge in [0.25, 0.3) is 0 Å². The molecule has 0 amide bonds. The SMILES string of the molecule is O=c1c(-c2nc3ccccc3s2)coc2c(CN3CCN(CCO)CC3)c(O)ccc12. The van der Waals surface area contributed by atoms with Crippen molar-refractivity contribution in [1.29, 1.82) is 0 Å². The number of aliphatic hydroxyl groups is 1. The van der Waals surface area contributed by atoms with Crippen LogP contribution in [-0.4, -0.2) is 64.3 Å². The van der Waals surface area contributed by atoms with Crippen LogP contribution >= 0.6 is 11.3 Å². The minimum Gasteiger partial charge on any atom is -0.507 e. The Hall–Kier alpha value is -2.78. The lowest BCUT2D eigenvalue weighted by molar-refractivity contribution is 0.108. The maximum Gasteiger partial charge on any atom is 0.202 e. The fraction of sp³-hybridized carbons (Fsp3) is 0.304. The molecule has 2 N–H and O–H groups in total. The highest BCUT2D eigenvalue weighted by Crippen LogP contribution is 2.32. The third-order valence-electron chi connectivity index (χ3n) is 5.81. The maximum atomic E-state index is 13.3. The normalized spacial score (nSPS) is 15.8. The first-order valence-electron chi connectivity index (χ1n) is 10.3. The molecule has 5 rings (SSSR count). The number of phenols is 1. The van der Waals surface area contributed by atoms with Gasteiger partial charge in [-0.25, -0.2) is 4.98 Å². The number of aromatic nitrogens is 1. The number of para-hydroxylation sites is 1. The number of fused-ring (bicyclic) bond motifs is 2. The van der Waals surface area contributed by atoms with E-state index in [9.17, 15) is 9.90 Å². The van der Waals surface area contributed by atoms with Gasteiger partial charge in [-0.1, -0.05) is 12.1 Å². The molecule has 4 aromatic rings. The number of phenolic OH excluding ortho intramolecular Hbond substituents is 1. The quantitative estimate of drug-likeness (QED) is 0.496. The van der Waals surface area contributed by atoms with Gasteiger partial charge >= 0.3 is 0 Å². The molecule has 0 unspecified atom stereocenters. The van der Waals surface area contributed by atoms with E-state index in [4.69, 9.17) is 9.52 Å². The number of benzene rings is 2. The molecule has 3 heterocycles. The molecule has 0 bridgehead atoms. The van der Waals surface area contributed by atoms with E-state index < -0.39 is 0 Å². The molecular weight excluding hydrogens is 414 g/mol. The third-order valence-corrected chi connectivity index (χ3v) is 6.88. The molecule has 2 aromatic heterocycles. The van der Waals surface area contributed by atoms with Crippen LogP contribution in [-0.2, 0) is 6.54 Å². The molecule has 1 saturated heterocycles. The Morgan fingerprint density at radius 3 is 2.61 bits per heavy atom. The fourth-order valence-corrected chi connectivity index (χ4v) is 5.04.